The summed E-state index contributed by atoms with van der Waals surface area (Å²) in [6, 6.07) is 18.5. The number of halogens is 1. The zero-order valence-electron chi connectivity index (χ0n) is 22.2. The molecule has 0 bridgehead atoms. The van der Waals surface area contributed by atoms with Crippen LogP contribution in [0.5, 0.6) is 5.75 Å². The number of ether oxygens (including phenoxy) is 1. The molecule has 0 saturated carbocycles. The number of aromatic nitrogens is 1. The summed E-state index contributed by atoms with van der Waals surface area (Å²) in [7, 11) is 1.55. The lowest BCUT2D eigenvalue weighted by molar-refractivity contribution is 0.0795. The first-order valence-corrected chi connectivity index (χ1v) is 13.5. The van der Waals surface area contributed by atoms with Crippen molar-refractivity contribution < 1.29 is 19.4 Å². The highest BCUT2D eigenvalue weighted by molar-refractivity contribution is 6.34. The number of amides is 2. The van der Waals surface area contributed by atoms with Crippen molar-refractivity contribution in [2.24, 2.45) is 0 Å². The summed E-state index contributed by atoms with van der Waals surface area (Å²) < 4.78 is 6.02. The number of fused-ring (bicyclic) bond motifs is 3. The second-order valence-electron chi connectivity index (χ2n) is 10.2. The molecule has 1 aromatic heterocycles. The highest BCUT2D eigenvalue weighted by Crippen LogP contribution is 2.41. The summed E-state index contributed by atoms with van der Waals surface area (Å²) in [6.07, 6.45) is 2.14. The van der Waals surface area contributed by atoms with E-state index in [0.29, 0.717) is 28.3 Å². The largest absolute Gasteiger partial charge is 0.490 e. The van der Waals surface area contributed by atoms with Gasteiger partial charge in [-0.2, -0.15) is 0 Å². The lowest BCUT2D eigenvalue weighted by Crippen LogP contribution is -2.50. The second kappa shape index (κ2) is 10.8. The molecular formula is C31H32ClN3O4. The zero-order valence-corrected chi connectivity index (χ0v) is 23.0. The first-order valence-electron chi connectivity index (χ1n) is 13.1. The van der Waals surface area contributed by atoms with Crippen molar-refractivity contribution in [3.8, 4) is 16.9 Å². The van der Waals surface area contributed by atoms with Crippen LogP contribution in [0.25, 0.3) is 22.0 Å². The highest BCUT2D eigenvalue weighted by Gasteiger charge is 2.40. The Balaban J connectivity index is 1.56. The summed E-state index contributed by atoms with van der Waals surface area (Å²) in [4.78, 5) is 29.6. The molecule has 0 radical (unpaired) electrons. The van der Waals surface area contributed by atoms with E-state index in [1.54, 1.807) is 37.4 Å². The summed E-state index contributed by atoms with van der Waals surface area (Å²) in [5.74, 6) is -0.166. The minimum atomic E-state index is -0.937. The quantitative estimate of drug-likeness (QED) is 0.243. The zero-order chi connectivity index (χ0) is 27.7. The molecule has 1 heterocycles. The van der Waals surface area contributed by atoms with Gasteiger partial charge in [-0.25, -0.2) is 0 Å². The molecule has 0 aliphatic heterocycles. The van der Waals surface area contributed by atoms with Gasteiger partial charge in [0.15, 0.2) is 0 Å². The lowest BCUT2D eigenvalue weighted by atomic mass is 9.78. The van der Waals surface area contributed by atoms with Crippen LogP contribution in [0.3, 0.4) is 0 Å². The normalized spacial score (nSPS) is 16.7. The van der Waals surface area contributed by atoms with Gasteiger partial charge in [0.25, 0.3) is 11.8 Å². The molecule has 0 saturated heterocycles. The van der Waals surface area contributed by atoms with Crippen LogP contribution < -0.4 is 15.4 Å². The van der Waals surface area contributed by atoms with Gasteiger partial charge >= 0.3 is 0 Å². The van der Waals surface area contributed by atoms with Gasteiger partial charge in [0, 0.05) is 29.2 Å². The fourth-order valence-corrected chi connectivity index (χ4v) is 5.75. The number of aryl methyl sites for hydroxylation is 1. The predicted molar refractivity (Wildman–Crippen MR) is 154 cm³/mol. The van der Waals surface area contributed by atoms with E-state index in [0.717, 1.165) is 46.1 Å². The minimum absolute atomic E-state index is 0.148. The standard InChI is InChI=1S/C31H32ClN3O4/c1-18(2)39-27-13-11-19(20-10-12-21(24(32)16-20)29(37)33-3)15-23(27)30(38)35-31(17-36)14-6-9-26-28(31)22-7-4-5-8-25(22)34-26/h4-5,7-8,10-13,15-16,18,34,36H,6,9,14,17H2,1-3H3,(H,33,37)(H,35,38). The first kappa shape index (κ1) is 26.8. The van der Waals surface area contributed by atoms with Crippen molar-refractivity contribution in [2.75, 3.05) is 13.7 Å². The number of aliphatic hydroxyl groups excluding tert-OH is 1. The number of aliphatic hydroxyl groups is 1. The monoisotopic (exact) mass is 545 g/mol. The molecule has 7 nitrogen and oxygen atoms in total. The summed E-state index contributed by atoms with van der Waals surface area (Å²) >= 11 is 6.41. The number of carbonyl (C=O) groups excluding carboxylic acids is 2. The SMILES string of the molecule is CNC(=O)c1ccc(-c2ccc(OC(C)C)c(C(=O)NC3(CO)CCCc4[nH]c5ccccc5c43)c2)cc1Cl. The number of aromatic amines is 1. The van der Waals surface area contributed by atoms with Gasteiger partial charge in [0.05, 0.1) is 34.4 Å². The number of benzene rings is 3. The number of para-hydroxylation sites is 1. The summed E-state index contributed by atoms with van der Waals surface area (Å²) in [5, 5.41) is 17.8. The van der Waals surface area contributed by atoms with E-state index in [1.807, 2.05) is 44.2 Å². The topological polar surface area (TPSA) is 103 Å². The average Bonchev–Trinajstić information content (AvgIpc) is 3.32. The molecule has 4 aromatic rings. The number of rotatable bonds is 7. The Hall–Kier alpha value is -3.81. The maximum Gasteiger partial charge on any atom is 0.255 e. The van der Waals surface area contributed by atoms with Crippen LogP contribution in [0.2, 0.25) is 5.02 Å². The number of carbonyl (C=O) groups is 2. The molecule has 1 aliphatic rings. The Morgan fingerprint density at radius 3 is 2.51 bits per heavy atom. The number of hydrogen-bond acceptors (Lipinski definition) is 4. The van der Waals surface area contributed by atoms with Gasteiger partial charge in [-0.15, -0.1) is 0 Å². The Labute approximate surface area is 232 Å². The van der Waals surface area contributed by atoms with Gasteiger partial charge in [-0.05, 0) is 74.6 Å². The third-order valence-electron chi connectivity index (χ3n) is 7.28. The van der Waals surface area contributed by atoms with Crippen molar-refractivity contribution in [1.82, 2.24) is 15.6 Å². The van der Waals surface area contributed by atoms with Crippen LogP contribution in [-0.4, -0.2) is 41.7 Å². The lowest BCUT2D eigenvalue weighted by Gasteiger charge is -2.37. The fraction of sp³-hybridized carbons (Fsp3) is 0.290. The molecule has 0 fully saturated rings. The van der Waals surface area contributed by atoms with E-state index in [4.69, 9.17) is 16.3 Å². The van der Waals surface area contributed by atoms with Gasteiger partial charge < -0.3 is 25.5 Å². The molecular weight excluding hydrogens is 514 g/mol. The molecule has 1 aliphatic carbocycles. The van der Waals surface area contributed by atoms with Gasteiger partial charge in [0.1, 0.15) is 5.75 Å². The Bertz CT molecular complexity index is 1560. The summed E-state index contributed by atoms with van der Waals surface area (Å²) in [6.45, 7) is 3.58. The van der Waals surface area contributed by atoms with E-state index in [1.165, 1.54) is 0 Å². The maximum atomic E-state index is 14.0. The van der Waals surface area contributed by atoms with E-state index < -0.39 is 5.54 Å². The molecule has 202 valence electrons. The third kappa shape index (κ3) is 5.00. The van der Waals surface area contributed by atoms with Crippen LogP contribution in [0.15, 0.2) is 60.7 Å². The Morgan fingerprint density at radius 1 is 1.05 bits per heavy atom. The maximum absolute atomic E-state index is 14.0. The van der Waals surface area contributed by atoms with E-state index in [2.05, 4.69) is 15.6 Å². The summed E-state index contributed by atoms with van der Waals surface area (Å²) in [5.41, 5.74) is 4.26. The molecule has 2 amide bonds. The van der Waals surface area contributed by atoms with Gasteiger partial charge in [0.2, 0.25) is 0 Å². The van der Waals surface area contributed by atoms with Crippen LogP contribution in [0, 0.1) is 0 Å². The van der Waals surface area contributed by atoms with E-state index in [-0.39, 0.29) is 24.5 Å². The molecule has 1 atom stereocenters. The molecule has 39 heavy (non-hydrogen) atoms. The van der Waals surface area contributed by atoms with Crippen molar-refractivity contribution >= 4 is 34.3 Å². The fourth-order valence-electron chi connectivity index (χ4n) is 5.49. The van der Waals surface area contributed by atoms with E-state index in [9.17, 15) is 14.7 Å². The van der Waals surface area contributed by atoms with Crippen molar-refractivity contribution in [2.45, 2.75) is 44.8 Å². The Kier molecular flexibility index (Phi) is 7.38. The molecule has 8 heteroatoms. The number of H-pyrrole nitrogens is 1. The van der Waals surface area contributed by atoms with Gasteiger partial charge in [-0.3, -0.25) is 9.59 Å². The smallest absolute Gasteiger partial charge is 0.255 e. The molecule has 0 spiro atoms. The van der Waals surface area contributed by atoms with Crippen molar-refractivity contribution in [3.05, 3.63) is 88.1 Å². The van der Waals surface area contributed by atoms with Crippen LogP contribution in [-0.2, 0) is 12.0 Å². The van der Waals surface area contributed by atoms with E-state index >= 15 is 0 Å². The molecule has 1 unspecified atom stereocenters. The molecule has 4 N–H and O–H groups in total. The van der Waals surface area contributed by atoms with Crippen molar-refractivity contribution in [3.63, 3.8) is 0 Å². The molecule has 3 aromatic carbocycles. The van der Waals surface area contributed by atoms with Crippen LogP contribution in [0.1, 0.15) is 58.7 Å². The number of hydrogen-bond donors (Lipinski definition) is 4. The first-order chi connectivity index (χ1) is 18.8. The number of nitrogens with one attached hydrogen (secondary N) is 3. The predicted octanol–water partition coefficient (Wildman–Crippen LogP) is 5.59. The highest BCUT2D eigenvalue weighted by atomic mass is 35.5. The minimum Gasteiger partial charge on any atom is -0.490 e. The van der Waals surface area contributed by atoms with Crippen LogP contribution >= 0.6 is 11.6 Å². The second-order valence-corrected chi connectivity index (χ2v) is 10.6. The van der Waals surface area contributed by atoms with Gasteiger partial charge in [-0.1, -0.05) is 41.9 Å². The third-order valence-corrected chi connectivity index (χ3v) is 7.59. The molecule has 5 rings (SSSR count). The van der Waals surface area contributed by atoms with Crippen LogP contribution in [0.4, 0.5) is 0 Å². The van der Waals surface area contributed by atoms with Crippen molar-refractivity contribution in [1.29, 1.82) is 0 Å². The Morgan fingerprint density at radius 2 is 1.79 bits per heavy atom. The average molecular weight is 546 g/mol.